The predicted octanol–water partition coefficient (Wildman–Crippen LogP) is 3.66. The highest BCUT2D eigenvalue weighted by Crippen LogP contribution is 2.18. The zero-order valence-electron chi connectivity index (χ0n) is 10.8. The first-order chi connectivity index (χ1) is 8.79. The third-order valence-electron chi connectivity index (χ3n) is 3.11. The molecule has 18 heavy (non-hydrogen) atoms. The molecule has 1 unspecified atom stereocenters. The van der Waals surface area contributed by atoms with Crippen LogP contribution in [0, 0.1) is 0 Å². The van der Waals surface area contributed by atoms with Gasteiger partial charge in [0.15, 0.2) is 0 Å². The lowest BCUT2D eigenvalue weighted by Crippen LogP contribution is -2.34. The Balaban J connectivity index is 2.05. The SMILES string of the molecule is CCNC(Cc1ccc(Br)cc1)C1=CCCCO1. The van der Waals surface area contributed by atoms with E-state index in [1.807, 2.05) is 0 Å². The van der Waals surface area contributed by atoms with Crippen LogP contribution in [0.3, 0.4) is 0 Å². The smallest absolute Gasteiger partial charge is 0.109 e. The summed E-state index contributed by atoms with van der Waals surface area (Å²) in [5.74, 6) is 1.12. The molecule has 1 N–H and O–H groups in total. The number of nitrogens with one attached hydrogen (secondary N) is 1. The molecule has 0 spiro atoms. The quantitative estimate of drug-likeness (QED) is 0.896. The van der Waals surface area contributed by atoms with E-state index in [0.29, 0.717) is 6.04 Å². The molecule has 2 nitrogen and oxygen atoms in total. The van der Waals surface area contributed by atoms with Crippen LogP contribution < -0.4 is 5.32 Å². The van der Waals surface area contributed by atoms with Crippen LogP contribution in [0.4, 0.5) is 0 Å². The molecule has 0 aromatic heterocycles. The van der Waals surface area contributed by atoms with Crippen molar-refractivity contribution in [2.45, 2.75) is 32.2 Å². The summed E-state index contributed by atoms with van der Waals surface area (Å²) in [6, 6.07) is 8.81. The van der Waals surface area contributed by atoms with E-state index in [9.17, 15) is 0 Å². The number of likely N-dealkylation sites (N-methyl/N-ethyl adjacent to an activating group) is 1. The van der Waals surface area contributed by atoms with Gasteiger partial charge in [-0.15, -0.1) is 0 Å². The number of halogens is 1. The van der Waals surface area contributed by atoms with Crippen LogP contribution in [-0.4, -0.2) is 19.2 Å². The summed E-state index contributed by atoms with van der Waals surface area (Å²) in [5, 5.41) is 3.51. The topological polar surface area (TPSA) is 21.3 Å². The Kier molecular flexibility index (Phi) is 5.26. The molecule has 1 aliphatic rings. The predicted molar refractivity (Wildman–Crippen MR) is 78.6 cm³/mol. The fraction of sp³-hybridized carbons (Fsp3) is 0.467. The molecule has 1 aromatic carbocycles. The van der Waals surface area contributed by atoms with Crippen molar-refractivity contribution in [2.75, 3.05) is 13.2 Å². The second kappa shape index (κ2) is 6.95. The fourth-order valence-electron chi connectivity index (χ4n) is 2.20. The largest absolute Gasteiger partial charge is 0.497 e. The molecule has 98 valence electrons. The third-order valence-corrected chi connectivity index (χ3v) is 3.64. The molecule has 0 saturated heterocycles. The monoisotopic (exact) mass is 309 g/mol. The lowest BCUT2D eigenvalue weighted by atomic mass is 10.0. The number of allylic oxidation sites excluding steroid dienone is 1. The van der Waals surface area contributed by atoms with Gasteiger partial charge in [0, 0.05) is 4.47 Å². The number of hydrogen-bond acceptors (Lipinski definition) is 2. The van der Waals surface area contributed by atoms with Gasteiger partial charge in [0.1, 0.15) is 5.76 Å². The van der Waals surface area contributed by atoms with Gasteiger partial charge in [-0.25, -0.2) is 0 Å². The Bertz CT molecular complexity index is 399. The Hall–Kier alpha value is -0.800. The third kappa shape index (κ3) is 3.85. The maximum atomic E-state index is 5.78. The van der Waals surface area contributed by atoms with Crippen LogP contribution in [0.2, 0.25) is 0 Å². The fourth-order valence-corrected chi connectivity index (χ4v) is 2.46. The van der Waals surface area contributed by atoms with E-state index in [1.54, 1.807) is 0 Å². The summed E-state index contributed by atoms with van der Waals surface area (Å²) < 4.78 is 6.90. The number of hydrogen-bond donors (Lipinski definition) is 1. The second-order valence-electron chi connectivity index (χ2n) is 4.54. The van der Waals surface area contributed by atoms with E-state index in [-0.39, 0.29) is 0 Å². The minimum atomic E-state index is 0.302. The van der Waals surface area contributed by atoms with Gasteiger partial charge in [0.25, 0.3) is 0 Å². The molecule has 1 aliphatic heterocycles. The van der Waals surface area contributed by atoms with Gasteiger partial charge in [-0.1, -0.05) is 35.0 Å². The van der Waals surface area contributed by atoms with Gasteiger partial charge in [-0.3, -0.25) is 0 Å². The average Bonchev–Trinajstić information content (AvgIpc) is 2.42. The summed E-state index contributed by atoms with van der Waals surface area (Å²) in [4.78, 5) is 0. The van der Waals surface area contributed by atoms with Crippen LogP contribution in [0.1, 0.15) is 25.3 Å². The maximum absolute atomic E-state index is 5.78. The first-order valence-corrected chi connectivity index (χ1v) is 7.39. The highest BCUT2D eigenvalue weighted by molar-refractivity contribution is 9.10. The van der Waals surface area contributed by atoms with E-state index in [2.05, 4.69) is 58.5 Å². The zero-order chi connectivity index (χ0) is 12.8. The van der Waals surface area contributed by atoms with Crippen molar-refractivity contribution in [1.82, 2.24) is 5.32 Å². The highest BCUT2D eigenvalue weighted by Gasteiger charge is 2.17. The van der Waals surface area contributed by atoms with Crippen molar-refractivity contribution in [3.63, 3.8) is 0 Å². The van der Waals surface area contributed by atoms with Crippen molar-refractivity contribution >= 4 is 15.9 Å². The van der Waals surface area contributed by atoms with Crippen LogP contribution in [0.25, 0.3) is 0 Å². The highest BCUT2D eigenvalue weighted by atomic mass is 79.9. The molecule has 0 radical (unpaired) electrons. The lowest BCUT2D eigenvalue weighted by molar-refractivity contribution is 0.167. The summed E-state index contributed by atoms with van der Waals surface area (Å²) in [7, 11) is 0. The molecule has 0 aliphatic carbocycles. The molecule has 0 fully saturated rings. The van der Waals surface area contributed by atoms with E-state index in [0.717, 1.165) is 42.6 Å². The summed E-state index contributed by atoms with van der Waals surface area (Å²) in [6.07, 6.45) is 5.49. The van der Waals surface area contributed by atoms with Crippen LogP contribution in [-0.2, 0) is 11.2 Å². The van der Waals surface area contributed by atoms with Crippen molar-refractivity contribution in [2.24, 2.45) is 0 Å². The van der Waals surface area contributed by atoms with Crippen LogP contribution in [0.5, 0.6) is 0 Å². The van der Waals surface area contributed by atoms with E-state index < -0.39 is 0 Å². The van der Waals surface area contributed by atoms with Crippen LogP contribution in [0.15, 0.2) is 40.6 Å². The van der Waals surface area contributed by atoms with Gasteiger partial charge in [0.2, 0.25) is 0 Å². The molecule has 1 atom stereocenters. The van der Waals surface area contributed by atoms with Crippen LogP contribution >= 0.6 is 15.9 Å². The van der Waals surface area contributed by atoms with Crippen molar-refractivity contribution in [3.8, 4) is 0 Å². The molecular formula is C15H20BrNO. The molecule has 0 bridgehead atoms. The van der Waals surface area contributed by atoms with Crippen molar-refractivity contribution < 1.29 is 4.74 Å². The van der Waals surface area contributed by atoms with Gasteiger partial charge >= 0.3 is 0 Å². The van der Waals surface area contributed by atoms with Gasteiger partial charge in [-0.2, -0.15) is 0 Å². The maximum Gasteiger partial charge on any atom is 0.109 e. The Morgan fingerprint density at radius 2 is 2.11 bits per heavy atom. The number of ether oxygens (including phenoxy) is 1. The average molecular weight is 310 g/mol. The second-order valence-corrected chi connectivity index (χ2v) is 5.45. The molecule has 1 heterocycles. The van der Waals surface area contributed by atoms with Crippen molar-refractivity contribution in [1.29, 1.82) is 0 Å². The molecular weight excluding hydrogens is 290 g/mol. The summed E-state index contributed by atoms with van der Waals surface area (Å²) >= 11 is 3.47. The molecule has 1 aromatic rings. The molecule has 2 rings (SSSR count). The summed E-state index contributed by atoms with van der Waals surface area (Å²) in [6.45, 7) is 3.95. The summed E-state index contributed by atoms with van der Waals surface area (Å²) in [5.41, 5.74) is 1.33. The molecule has 0 saturated carbocycles. The van der Waals surface area contributed by atoms with E-state index in [4.69, 9.17) is 4.74 Å². The Labute approximate surface area is 118 Å². The standard InChI is InChI=1S/C15H20BrNO/c1-2-17-14(15-5-3-4-10-18-15)11-12-6-8-13(16)9-7-12/h5-9,14,17H,2-4,10-11H2,1H3. The minimum absolute atomic E-state index is 0.302. The first kappa shape index (κ1) is 13.6. The van der Waals surface area contributed by atoms with Gasteiger partial charge in [-0.05, 0) is 49.6 Å². The zero-order valence-corrected chi connectivity index (χ0v) is 12.4. The van der Waals surface area contributed by atoms with E-state index in [1.165, 1.54) is 5.56 Å². The Morgan fingerprint density at radius 1 is 1.33 bits per heavy atom. The molecule has 0 amide bonds. The minimum Gasteiger partial charge on any atom is -0.497 e. The first-order valence-electron chi connectivity index (χ1n) is 6.60. The number of rotatable bonds is 5. The Morgan fingerprint density at radius 3 is 2.72 bits per heavy atom. The van der Waals surface area contributed by atoms with Gasteiger partial charge < -0.3 is 10.1 Å². The van der Waals surface area contributed by atoms with E-state index >= 15 is 0 Å². The molecule has 3 heteroatoms. The normalized spacial score (nSPS) is 16.9. The number of benzene rings is 1. The lowest BCUT2D eigenvalue weighted by Gasteiger charge is -2.24. The van der Waals surface area contributed by atoms with Gasteiger partial charge in [0.05, 0.1) is 12.6 Å². The van der Waals surface area contributed by atoms with Crippen molar-refractivity contribution in [3.05, 3.63) is 46.1 Å².